The first kappa shape index (κ1) is 19.3. The number of anilines is 1. The van der Waals surface area contributed by atoms with Gasteiger partial charge < -0.3 is 15.1 Å². The van der Waals surface area contributed by atoms with Gasteiger partial charge in [0.05, 0.1) is 12.2 Å². The lowest BCUT2D eigenvalue weighted by molar-refractivity contribution is 0.309. The third-order valence-corrected chi connectivity index (χ3v) is 5.29. The molecule has 0 atom stereocenters. The number of halogens is 1. The number of hydrogen-bond acceptors (Lipinski definition) is 3. The van der Waals surface area contributed by atoms with Gasteiger partial charge in [-0.1, -0.05) is 18.9 Å². The Balaban J connectivity index is 0.00000208. The van der Waals surface area contributed by atoms with Crippen molar-refractivity contribution < 1.29 is 0 Å². The lowest BCUT2D eigenvalue weighted by Gasteiger charge is -2.26. The molecule has 5 nitrogen and oxygen atoms in total. The number of nitrogens with zero attached hydrogens (tertiary/aromatic N) is 4. The van der Waals surface area contributed by atoms with Crippen LogP contribution >= 0.6 is 24.0 Å². The van der Waals surface area contributed by atoms with Gasteiger partial charge >= 0.3 is 0 Å². The van der Waals surface area contributed by atoms with Crippen LogP contribution in [-0.2, 0) is 6.54 Å². The molecule has 2 fully saturated rings. The molecule has 0 amide bonds. The molecule has 2 heterocycles. The van der Waals surface area contributed by atoms with Gasteiger partial charge in [0.2, 0.25) is 0 Å². The van der Waals surface area contributed by atoms with Crippen LogP contribution in [-0.4, -0.2) is 50.1 Å². The SMILES string of the molecule is CN=C(NCc1cccc(N(C)C)n1)N1CCC2(CCCC2)C1.I. The van der Waals surface area contributed by atoms with Crippen LogP contribution in [0.2, 0.25) is 0 Å². The topological polar surface area (TPSA) is 43.8 Å². The van der Waals surface area contributed by atoms with E-state index in [1.807, 2.05) is 32.1 Å². The number of guanidine groups is 1. The largest absolute Gasteiger partial charge is 0.363 e. The Kier molecular flexibility index (Phi) is 6.71. The third kappa shape index (κ3) is 4.32. The van der Waals surface area contributed by atoms with Crippen LogP contribution in [0.1, 0.15) is 37.8 Å². The van der Waals surface area contributed by atoms with Gasteiger partial charge in [0.1, 0.15) is 5.82 Å². The Morgan fingerprint density at radius 3 is 2.71 bits per heavy atom. The van der Waals surface area contributed by atoms with Gasteiger partial charge in [-0.05, 0) is 36.8 Å². The van der Waals surface area contributed by atoms with Crippen molar-refractivity contribution in [3.63, 3.8) is 0 Å². The Morgan fingerprint density at radius 1 is 1.29 bits per heavy atom. The van der Waals surface area contributed by atoms with Crippen molar-refractivity contribution in [2.75, 3.05) is 39.1 Å². The van der Waals surface area contributed by atoms with Crippen LogP contribution in [0.4, 0.5) is 5.82 Å². The summed E-state index contributed by atoms with van der Waals surface area (Å²) in [4.78, 5) is 13.6. The number of hydrogen-bond donors (Lipinski definition) is 1. The maximum Gasteiger partial charge on any atom is 0.193 e. The van der Waals surface area contributed by atoms with Crippen molar-refractivity contribution in [2.45, 2.75) is 38.6 Å². The van der Waals surface area contributed by atoms with E-state index in [2.05, 4.69) is 32.3 Å². The number of aromatic nitrogens is 1. The van der Waals surface area contributed by atoms with Gasteiger partial charge in [-0.2, -0.15) is 0 Å². The number of pyridine rings is 1. The normalized spacial score (nSPS) is 19.5. The van der Waals surface area contributed by atoms with Crippen LogP contribution in [0.3, 0.4) is 0 Å². The van der Waals surface area contributed by atoms with Crippen LogP contribution in [0.15, 0.2) is 23.2 Å². The summed E-state index contributed by atoms with van der Waals surface area (Å²) in [5.41, 5.74) is 1.62. The minimum atomic E-state index is 0. The lowest BCUT2D eigenvalue weighted by atomic mass is 9.86. The fraction of sp³-hybridized carbons (Fsp3) is 0.667. The van der Waals surface area contributed by atoms with E-state index < -0.39 is 0 Å². The molecule has 0 unspecified atom stereocenters. The molecule has 0 aromatic carbocycles. The highest BCUT2D eigenvalue weighted by molar-refractivity contribution is 14.0. The van der Waals surface area contributed by atoms with Gasteiger partial charge in [-0.25, -0.2) is 4.98 Å². The molecule has 0 bridgehead atoms. The van der Waals surface area contributed by atoms with E-state index in [1.165, 1.54) is 32.1 Å². The Morgan fingerprint density at radius 2 is 2.04 bits per heavy atom. The highest BCUT2D eigenvalue weighted by Gasteiger charge is 2.41. The fourth-order valence-corrected chi connectivity index (χ4v) is 3.97. The second-order valence-electron chi connectivity index (χ2n) is 7.16. The predicted molar refractivity (Wildman–Crippen MR) is 111 cm³/mol. The van der Waals surface area contributed by atoms with Gasteiger partial charge in [0.25, 0.3) is 0 Å². The van der Waals surface area contributed by atoms with Gasteiger partial charge in [-0.3, -0.25) is 4.99 Å². The number of likely N-dealkylation sites (tertiary alicyclic amines) is 1. The van der Waals surface area contributed by atoms with Crippen LogP contribution < -0.4 is 10.2 Å². The Labute approximate surface area is 162 Å². The summed E-state index contributed by atoms with van der Waals surface area (Å²) in [6.07, 6.45) is 6.92. The maximum atomic E-state index is 4.67. The van der Waals surface area contributed by atoms with E-state index in [4.69, 9.17) is 0 Å². The first-order valence-electron chi connectivity index (χ1n) is 8.71. The number of aliphatic imine (C=N–C) groups is 1. The second-order valence-corrected chi connectivity index (χ2v) is 7.16. The summed E-state index contributed by atoms with van der Waals surface area (Å²) in [5.74, 6) is 2.01. The van der Waals surface area contributed by atoms with E-state index in [0.717, 1.165) is 37.1 Å². The minimum Gasteiger partial charge on any atom is -0.363 e. The molecule has 0 radical (unpaired) electrons. The Bertz CT molecular complexity index is 566. The molecule has 1 aromatic rings. The smallest absolute Gasteiger partial charge is 0.193 e. The minimum absolute atomic E-state index is 0. The first-order chi connectivity index (χ1) is 11.1. The van der Waals surface area contributed by atoms with Crippen LogP contribution in [0.25, 0.3) is 0 Å². The molecule has 1 spiro atoms. The van der Waals surface area contributed by atoms with E-state index in [9.17, 15) is 0 Å². The number of nitrogens with one attached hydrogen (secondary N) is 1. The number of rotatable bonds is 3. The zero-order chi connectivity index (χ0) is 16.3. The maximum absolute atomic E-state index is 4.67. The molecule has 24 heavy (non-hydrogen) atoms. The summed E-state index contributed by atoms with van der Waals surface area (Å²) in [6.45, 7) is 3.01. The molecular weight excluding hydrogens is 413 g/mol. The highest BCUT2D eigenvalue weighted by atomic mass is 127. The average Bonchev–Trinajstić information content (AvgIpc) is 3.19. The predicted octanol–water partition coefficient (Wildman–Crippen LogP) is 3.11. The zero-order valence-electron chi connectivity index (χ0n) is 15.1. The molecule has 1 aliphatic heterocycles. The van der Waals surface area contributed by atoms with Crippen molar-refractivity contribution in [3.8, 4) is 0 Å². The second kappa shape index (κ2) is 8.36. The molecule has 1 saturated carbocycles. The summed E-state index contributed by atoms with van der Waals surface area (Å²) in [5, 5.41) is 3.50. The van der Waals surface area contributed by atoms with E-state index in [-0.39, 0.29) is 24.0 Å². The highest BCUT2D eigenvalue weighted by Crippen LogP contribution is 2.45. The quantitative estimate of drug-likeness (QED) is 0.443. The van der Waals surface area contributed by atoms with Crippen molar-refractivity contribution >= 4 is 35.8 Å². The van der Waals surface area contributed by atoms with Crippen LogP contribution in [0, 0.1) is 5.41 Å². The van der Waals surface area contributed by atoms with E-state index in [0.29, 0.717) is 5.41 Å². The van der Waals surface area contributed by atoms with Gasteiger partial charge in [0, 0.05) is 34.2 Å². The molecular formula is C18H30IN5. The molecule has 2 aliphatic rings. The van der Waals surface area contributed by atoms with Crippen molar-refractivity contribution in [1.29, 1.82) is 0 Å². The molecule has 1 saturated heterocycles. The molecule has 1 aromatic heterocycles. The zero-order valence-corrected chi connectivity index (χ0v) is 17.4. The summed E-state index contributed by atoms with van der Waals surface area (Å²) in [7, 11) is 5.92. The molecule has 134 valence electrons. The first-order valence-corrected chi connectivity index (χ1v) is 8.71. The standard InChI is InChI=1S/C18H29N5.HI/c1-19-17(23-12-11-18(14-23)9-4-5-10-18)20-13-15-7-6-8-16(21-15)22(2)3;/h6-8H,4-5,9-14H2,1-3H3,(H,19,20);1H. The summed E-state index contributed by atoms with van der Waals surface area (Å²) < 4.78 is 0. The third-order valence-electron chi connectivity index (χ3n) is 5.29. The van der Waals surface area contributed by atoms with Gasteiger partial charge in [0.15, 0.2) is 5.96 Å². The van der Waals surface area contributed by atoms with E-state index >= 15 is 0 Å². The van der Waals surface area contributed by atoms with Gasteiger partial charge in [-0.15, -0.1) is 24.0 Å². The van der Waals surface area contributed by atoms with Crippen molar-refractivity contribution in [3.05, 3.63) is 23.9 Å². The summed E-state index contributed by atoms with van der Waals surface area (Å²) in [6, 6.07) is 6.16. The van der Waals surface area contributed by atoms with Crippen LogP contribution in [0.5, 0.6) is 0 Å². The molecule has 3 rings (SSSR count). The molecule has 1 N–H and O–H groups in total. The lowest BCUT2D eigenvalue weighted by Crippen LogP contribution is -2.40. The fourth-order valence-electron chi connectivity index (χ4n) is 3.97. The monoisotopic (exact) mass is 443 g/mol. The molecule has 1 aliphatic carbocycles. The van der Waals surface area contributed by atoms with Crippen molar-refractivity contribution in [2.24, 2.45) is 10.4 Å². The summed E-state index contributed by atoms with van der Waals surface area (Å²) >= 11 is 0. The van der Waals surface area contributed by atoms with E-state index in [1.54, 1.807) is 0 Å². The molecule has 6 heteroatoms. The average molecular weight is 443 g/mol. The Hall–Kier alpha value is -1.05. The van der Waals surface area contributed by atoms with Crippen molar-refractivity contribution in [1.82, 2.24) is 15.2 Å².